The Balaban J connectivity index is 1.29. The van der Waals surface area contributed by atoms with Crippen LogP contribution in [0.25, 0.3) is 95.0 Å². The van der Waals surface area contributed by atoms with Gasteiger partial charge in [0.25, 0.3) is 0 Å². The second-order valence-corrected chi connectivity index (χ2v) is 14.6. The van der Waals surface area contributed by atoms with Crippen LogP contribution in [0.5, 0.6) is 0 Å². The third-order valence-corrected chi connectivity index (χ3v) is 10.8. The van der Waals surface area contributed by atoms with E-state index in [1.807, 2.05) is 133 Å². The number of rotatable bonds is 7. The number of aromatic nitrogens is 4. The second kappa shape index (κ2) is 15.3. The number of halogens is 2. The van der Waals surface area contributed by atoms with Crippen LogP contribution in [0.3, 0.4) is 0 Å². The zero-order chi connectivity index (χ0) is 41.5. The summed E-state index contributed by atoms with van der Waals surface area (Å²) in [6, 6.07) is 60.5. The molecule has 0 fully saturated rings. The quantitative estimate of drug-likeness (QED) is 0.160. The Morgan fingerprint density at radius 1 is 0.393 bits per heavy atom. The fraction of sp³-hybridized carbons (Fsp3) is 0. The lowest BCUT2D eigenvalue weighted by Gasteiger charge is -2.17. The molecule has 0 saturated carbocycles. The van der Waals surface area contributed by atoms with Crippen LogP contribution in [0.4, 0.5) is 8.78 Å². The summed E-state index contributed by atoms with van der Waals surface area (Å²) in [6.45, 7) is 0. The first-order valence-electron chi connectivity index (χ1n) is 19.5. The Hall–Kier alpha value is -8.59. The van der Waals surface area contributed by atoms with Crippen LogP contribution < -0.4 is 0 Å². The molecule has 6 nitrogen and oxygen atoms in total. The van der Waals surface area contributed by atoms with Crippen LogP contribution in [-0.2, 0) is 0 Å². The number of nitrogens with zero attached hydrogens (tertiary/aromatic N) is 6. The summed E-state index contributed by atoms with van der Waals surface area (Å²) in [7, 11) is 0. The summed E-state index contributed by atoms with van der Waals surface area (Å²) in [4.78, 5) is 15.1. The van der Waals surface area contributed by atoms with E-state index in [0.717, 1.165) is 61.3 Å². The summed E-state index contributed by atoms with van der Waals surface area (Å²) in [5.41, 5.74) is 10.1. The molecule has 0 saturated heterocycles. The number of benzene rings is 8. The molecule has 0 radical (unpaired) electrons. The lowest BCUT2D eigenvalue weighted by atomic mass is 9.99. The van der Waals surface area contributed by atoms with Gasteiger partial charge in [0.15, 0.2) is 17.5 Å². The molecule has 0 atom stereocenters. The standard InChI is InChI=1S/C53H30F2N6/c54-42-20-22-43(47(55)30-42)41-17-21-44(53-59-51(35-11-3-1-4-12-35)58-52(60-53)36-13-5-2-6-14-36)50(29-41)61-48-23-18-39(37-15-7-9-33(25-37)31-56)27-45(48)46-28-40(19-24-49(46)61)38-16-8-10-34(26-38)32-57/h1-30H. The smallest absolute Gasteiger partial charge is 0.166 e. The van der Waals surface area contributed by atoms with Crippen LogP contribution in [0.15, 0.2) is 182 Å². The van der Waals surface area contributed by atoms with Crippen LogP contribution in [0.2, 0.25) is 0 Å². The van der Waals surface area contributed by atoms with Gasteiger partial charge in [-0.3, -0.25) is 0 Å². The molecule has 0 amide bonds. The van der Waals surface area contributed by atoms with Gasteiger partial charge in [-0.15, -0.1) is 0 Å². The SMILES string of the molecule is N#Cc1cccc(-c2ccc3c(c2)c2cc(-c4cccc(C#N)c4)ccc2n3-c2cc(-c3ccc(F)cc3F)ccc2-c2nc(-c3ccccc3)nc(-c3ccccc3)n2)c1. The minimum Gasteiger partial charge on any atom is -0.308 e. The lowest BCUT2D eigenvalue weighted by molar-refractivity contribution is 0.585. The molecule has 0 bridgehead atoms. The number of nitriles is 2. The van der Waals surface area contributed by atoms with Gasteiger partial charge < -0.3 is 4.57 Å². The highest BCUT2D eigenvalue weighted by atomic mass is 19.1. The normalized spacial score (nSPS) is 11.1. The Labute approximate surface area is 349 Å². The van der Waals surface area contributed by atoms with Gasteiger partial charge in [-0.1, -0.05) is 103 Å². The highest BCUT2D eigenvalue weighted by Gasteiger charge is 2.22. The highest BCUT2D eigenvalue weighted by Crippen LogP contribution is 2.41. The Morgan fingerprint density at radius 3 is 1.39 bits per heavy atom. The van der Waals surface area contributed by atoms with E-state index in [1.165, 1.54) is 12.1 Å². The zero-order valence-electron chi connectivity index (χ0n) is 32.3. The number of hydrogen-bond acceptors (Lipinski definition) is 5. The monoisotopic (exact) mass is 788 g/mol. The van der Waals surface area contributed by atoms with Gasteiger partial charge in [0.2, 0.25) is 0 Å². The molecule has 0 aliphatic heterocycles. The van der Waals surface area contributed by atoms with Crippen LogP contribution in [0.1, 0.15) is 11.1 Å². The van der Waals surface area contributed by atoms with E-state index in [1.54, 1.807) is 18.2 Å². The molecule has 2 heterocycles. The van der Waals surface area contributed by atoms with E-state index >= 15 is 4.39 Å². The first-order valence-corrected chi connectivity index (χ1v) is 19.5. The largest absolute Gasteiger partial charge is 0.308 e. The molecule has 8 heteroatoms. The maximum absolute atomic E-state index is 15.6. The summed E-state index contributed by atoms with van der Waals surface area (Å²) in [5, 5.41) is 21.3. The van der Waals surface area contributed by atoms with E-state index in [-0.39, 0.29) is 5.56 Å². The van der Waals surface area contributed by atoms with Gasteiger partial charge in [-0.05, 0) is 101 Å². The molecule has 61 heavy (non-hydrogen) atoms. The van der Waals surface area contributed by atoms with Gasteiger partial charge in [0, 0.05) is 39.1 Å². The molecule has 0 N–H and O–H groups in total. The van der Waals surface area contributed by atoms with Crippen LogP contribution >= 0.6 is 0 Å². The first kappa shape index (κ1) is 36.7. The predicted octanol–water partition coefficient (Wildman–Crippen LogP) is 13.0. The summed E-state index contributed by atoms with van der Waals surface area (Å²) in [5.74, 6) is 0.0188. The van der Waals surface area contributed by atoms with Gasteiger partial charge >= 0.3 is 0 Å². The molecule has 10 rings (SSSR count). The van der Waals surface area contributed by atoms with Crippen molar-refractivity contribution < 1.29 is 8.78 Å². The van der Waals surface area contributed by atoms with E-state index in [4.69, 9.17) is 15.0 Å². The third kappa shape index (κ3) is 6.85. The summed E-state index contributed by atoms with van der Waals surface area (Å²) >= 11 is 0. The number of fused-ring (bicyclic) bond motifs is 3. The molecule has 0 unspecified atom stereocenters. The summed E-state index contributed by atoms with van der Waals surface area (Å²) < 4.78 is 32.0. The molecular formula is C53H30F2N6. The molecule has 8 aromatic carbocycles. The fourth-order valence-electron chi connectivity index (χ4n) is 7.90. The molecule has 2 aromatic heterocycles. The van der Waals surface area contributed by atoms with Crippen LogP contribution in [-0.4, -0.2) is 19.5 Å². The second-order valence-electron chi connectivity index (χ2n) is 14.6. The van der Waals surface area contributed by atoms with Gasteiger partial charge in [0.1, 0.15) is 11.6 Å². The Kier molecular flexibility index (Phi) is 9.21. The topological polar surface area (TPSA) is 91.2 Å². The lowest BCUT2D eigenvalue weighted by Crippen LogP contribution is -2.04. The van der Waals surface area contributed by atoms with E-state index < -0.39 is 11.6 Å². The molecule has 10 aromatic rings. The fourth-order valence-corrected chi connectivity index (χ4v) is 7.90. The molecule has 0 aliphatic rings. The average Bonchev–Trinajstić information content (AvgIpc) is 3.64. The minimum atomic E-state index is -0.688. The van der Waals surface area contributed by atoms with Crippen molar-refractivity contribution in [3.05, 3.63) is 205 Å². The Morgan fingerprint density at radius 2 is 0.869 bits per heavy atom. The van der Waals surface area contributed by atoms with Crippen molar-refractivity contribution in [3.63, 3.8) is 0 Å². The Bertz CT molecular complexity index is 3250. The molecule has 0 spiro atoms. The van der Waals surface area contributed by atoms with Crippen molar-refractivity contribution >= 4 is 21.8 Å². The van der Waals surface area contributed by atoms with Crippen LogP contribution in [0, 0.1) is 34.3 Å². The maximum Gasteiger partial charge on any atom is 0.166 e. The van der Waals surface area contributed by atoms with Crippen molar-refractivity contribution in [2.75, 3.05) is 0 Å². The van der Waals surface area contributed by atoms with E-state index in [2.05, 4.69) is 28.8 Å². The van der Waals surface area contributed by atoms with Gasteiger partial charge in [-0.2, -0.15) is 10.5 Å². The minimum absolute atomic E-state index is 0.236. The van der Waals surface area contributed by atoms with Gasteiger partial charge in [-0.25, -0.2) is 23.7 Å². The first-order chi connectivity index (χ1) is 29.9. The third-order valence-electron chi connectivity index (χ3n) is 10.8. The molecule has 286 valence electrons. The van der Waals surface area contributed by atoms with Crippen molar-refractivity contribution in [2.45, 2.75) is 0 Å². The summed E-state index contributed by atoms with van der Waals surface area (Å²) in [6.07, 6.45) is 0. The van der Waals surface area contributed by atoms with Crippen molar-refractivity contribution in [1.82, 2.24) is 19.5 Å². The van der Waals surface area contributed by atoms with E-state index in [9.17, 15) is 14.9 Å². The van der Waals surface area contributed by atoms with Gasteiger partial charge in [0.05, 0.1) is 40.0 Å². The van der Waals surface area contributed by atoms with E-state index in [0.29, 0.717) is 45.4 Å². The predicted molar refractivity (Wildman–Crippen MR) is 236 cm³/mol. The maximum atomic E-state index is 15.6. The molecular weight excluding hydrogens is 759 g/mol. The van der Waals surface area contributed by atoms with Crippen molar-refractivity contribution in [1.29, 1.82) is 10.5 Å². The van der Waals surface area contributed by atoms with Crippen molar-refractivity contribution in [2.24, 2.45) is 0 Å². The average molecular weight is 789 g/mol. The molecule has 0 aliphatic carbocycles. The van der Waals surface area contributed by atoms with Crippen molar-refractivity contribution in [3.8, 4) is 85.4 Å². The number of hydrogen-bond donors (Lipinski definition) is 0. The highest BCUT2D eigenvalue weighted by molar-refractivity contribution is 6.12. The zero-order valence-corrected chi connectivity index (χ0v) is 32.3.